The SMILES string of the molecule is CC[C@]1(O)CC[C@@]2(C)[C@H]3CC[C@]4(C)[C@H](CC[C@@H]4O)[C@@H]3CC[C@@]2(C)C1. The van der Waals surface area contributed by atoms with E-state index in [-0.39, 0.29) is 11.5 Å². The van der Waals surface area contributed by atoms with Gasteiger partial charge in [-0.15, -0.1) is 0 Å². The lowest BCUT2D eigenvalue weighted by molar-refractivity contribution is -0.195. The van der Waals surface area contributed by atoms with Gasteiger partial charge in [0, 0.05) is 0 Å². The van der Waals surface area contributed by atoms with E-state index in [9.17, 15) is 10.2 Å². The Hall–Kier alpha value is -0.0800. The highest BCUT2D eigenvalue weighted by atomic mass is 16.3. The molecule has 2 heteroatoms. The Morgan fingerprint density at radius 3 is 2.33 bits per heavy atom. The van der Waals surface area contributed by atoms with Gasteiger partial charge in [-0.2, -0.15) is 0 Å². The number of fused-ring (bicyclic) bond motifs is 5. The van der Waals surface area contributed by atoms with Crippen molar-refractivity contribution in [1.29, 1.82) is 0 Å². The molecule has 0 bridgehead atoms. The Balaban J connectivity index is 1.65. The van der Waals surface area contributed by atoms with Gasteiger partial charge in [-0.25, -0.2) is 0 Å². The Morgan fingerprint density at radius 1 is 0.875 bits per heavy atom. The molecule has 0 aliphatic heterocycles. The van der Waals surface area contributed by atoms with Crippen LogP contribution >= 0.6 is 0 Å². The number of aliphatic hydroxyl groups is 2. The van der Waals surface area contributed by atoms with Gasteiger partial charge in [0.05, 0.1) is 11.7 Å². The quantitative estimate of drug-likeness (QED) is 0.714. The largest absolute Gasteiger partial charge is 0.393 e. The molecule has 0 aromatic carbocycles. The first-order chi connectivity index (χ1) is 11.2. The van der Waals surface area contributed by atoms with E-state index >= 15 is 0 Å². The summed E-state index contributed by atoms with van der Waals surface area (Å²) in [7, 11) is 0. The summed E-state index contributed by atoms with van der Waals surface area (Å²) in [6.07, 6.45) is 11.4. The van der Waals surface area contributed by atoms with E-state index in [4.69, 9.17) is 0 Å². The summed E-state index contributed by atoms with van der Waals surface area (Å²) in [5.41, 5.74) is 0.437. The zero-order valence-electron chi connectivity index (χ0n) is 16.3. The molecule has 4 aliphatic rings. The Bertz CT molecular complexity index is 518. The van der Waals surface area contributed by atoms with Gasteiger partial charge in [0.1, 0.15) is 0 Å². The van der Waals surface area contributed by atoms with Gasteiger partial charge in [-0.1, -0.05) is 27.7 Å². The third-order valence-corrected chi connectivity index (χ3v) is 10.1. The number of hydrogen-bond donors (Lipinski definition) is 2. The van der Waals surface area contributed by atoms with Gasteiger partial charge in [-0.3, -0.25) is 0 Å². The highest BCUT2D eigenvalue weighted by molar-refractivity contribution is 5.14. The number of rotatable bonds is 1. The Labute approximate surface area is 148 Å². The van der Waals surface area contributed by atoms with Crippen molar-refractivity contribution in [3.63, 3.8) is 0 Å². The topological polar surface area (TPSA) is 40.5 Å². The summed E-state index contributed by atoms with van der Waals surface area (Å²) < 4.78 is 0. The first-order valence-corrected chi connectivity index (χ1v) is 10.6. The van der Waals surface area contributed by atoms with Crippen LogP contribution in [0.15, 0.2) is 0 Å². The average Bonchev–Trinajstić information content (AvgIpc) is 2.84. The maximum Gasteiger partial charge on any atom is 0.0650 e. The van der Waals surface area contributed by atoms with Crippen molar-refractivity contribution in [2.45, 2.75) is 104 Å². The molecule has 2 N–H and O–H groups in total. The van der Waals surface area contributed by atoms with Crippen molar-refractivity contribution in [2.24, 2.45) is 34.0 Å². The molecule has 0 spiro atoms. The minimum atomic E-state index is -0.423. The fourth-order valence-electron chi connectivity index (χ4n) is 8.06. The van der Waals surface area contributed by atoms with Crippen molar-refractivity contribution >= 4 is 0 Å². The molecule has 138 valence electrons. The lowest BCUT2D eigenvalue weighted by Gasteiger charge is -2.66. The predicted molar refractivity (Wildman–Crippen MR) is 97.6 cm³/mol. The Morgan fingerprint density at radius 2 is 1.62 bits per heavy atom. The van der Waals surface area contributed by atoms with E-state index in [0.717, 1.165) is 43.4 Å². The summed E-state index contributed by atoms with van der Waals surface area (Å²) >= 11 is 0. The monoisotopic (exact) mass is 334 g/mol. The number of hydrogen-bond acceptors (Lipinski definition) is 2. The molecule has 4 aliphatic carbocycles. The van der Waals surface area contributed by atoms with Crippen molar-refractivity contribution in [1.82, 2.24) is 0 Å². The van der Waals surface area contributed by atoms with Crippen molar-refractivity contribution in [3.8, 4) is 0 Å². The van der Waals surface area contributed by atoms with E-state index in [1.807, 2.05) is 0 Å². The van der Waals surface area contributed by atoms with Crippen molar-refractivity contribution in [2.75, 3.05) is 0 Å². The van der Waals surface area contributed by atoms with Crippen LogP contribution in [0.2, 0.25) is 0 Å². The van der Waals surface area contributed by atoms with Crippen LogP contribution in [0.1, 0.15) is 91.9 Å². The third-order valence-electron chi connectivity index (χ3n) is 10.1. The molecule has 0 heterocycles. The lowest BCUT2D eigenvalue weighted by atomic mass is 9.39. The molecular formula is C22H38O2. The average molecular weight is 335 g/mol. The normalized spacial score (nSPS) is 60.2. The van der Waals surface area contributed by atoms with Gasteiger partial charge in [0.15, 0.2) is 0 Å². The van der Waals surface area contributed by atoms with Gasteiger partial charge in [-0.05, 0) is 98.2 Å². The summed E-state index contributed by atoms with van der Waals surface area (Å²) in [5.74, 6) is 2.35. The van der Waals surface area contributed by atoms with Crippen molar-refractivity contribution < 1.29 is 10.2 Å². The van der Waals surface area contributed by atoms with Crippen LogP contribution < -0.4 is 0 Å². The second-order valence-corrected chi connectivity index (χ2v) is 10.8. The maximum absolute atomic E-state index is 11.0. The van der Waals surface area contributed by atoms with E-state index in [0.29, 0.717) is 10.8 Å². The maximum atomic E-state index is 11.0. The van der Waals surface area contributed by atoms with Gasteiger partial charge >= 0.3 is 0 Å². The fraction of sp³-hybridized carbons (Fsp3) is 1.00. The van der Waals surface area contributed by atoms with Gasteiger partial charge < -0.3 is 10.2 Å². The van der Waals surface area contributed by atoms with Crippen LogP contribution in [0.5, 0.6) is 0 Å². The molecular weight excluding hydrogens is 296 g/mol. The minimum Gasteiger partial charge on any atom is -0.393 e. The molecule has 0 amide bonds. The molecule has 0 radical (unpaired) electrons. The first-order valence-electron chi connectivity index (χ1n) is 10.6. The molecule has 0 unspecified atom stereocenters. The highest BCUT2D eigenvalue weighted by Crippen LogP contribution is 2.70. The number of aliphatic hydroxyl groups excluding tert-OH is 1. The van der Waals surface area contributed by atoms with Crippen LogP contribution in [0.4, 0.5) is 0 Å². The summed E-state index contributed by atoms with van der Waals surface area (Å²) in [6, 6.07) is 0. The molecule has 0 aromatic rings. The second-order valence-electron chi connectivity index (χ2n) is 10.8. The Kier molecular flexibility index (Phi) is 3.77. The highest BCUT2D eigenvalue weighted by Gasteiger charge is 2.64. The van der Waals surface area contributed by atoms with Crippen LogP contribution in [0, 0.1) is 34.0 Å². The van der Waals surface area contributed by atoms with E-state index in [2.05, 4.69) is 27.7 Å². The molecule has 0 saturated heterocycles. The van der Waals surface area contributed by atoms with E-state index in [1.54, 1.807) is 0 Å². The second kappa shape index (κ2) is 5.22. The zero-order chi connectivity index (χ0) is 17.4. The smallest absolute Gasteiger partial charge is 0.0650 e. The molecule has 4 rings (SSSR count). The van der Waals surface area contributed by atoms with Crippen LogP contribution in [-0.4, -0.2) is 21.9 Å². The molecule has 4 saturated carbocycles. The zero-order valence-corrected chi connectivity index (χ0v) is 16.3. The minimum absolute atomic E-state index is 0.0684. The molecule has 8 atom stereocenters. The summed E-state index contributed by atoms with van der Waals surface area (Å²) in [4.78, 5) is 0. The van der Waals surface area contributed by atoms with E-state index in [1.165, 1.54) is 38.5 Å². The van der Waals surface area contributed by atoms with Gasteiger partial charge in [0.2, 0.25) is 0 Å². The standard InChI is InChI=1S/C22H38O2/c1-5-22(24)13-12-21(4)17-9-11-20(3)16(6-7-18(20)23)15(17)8-10-19(21,2)14-22/h15-18,23-24H,5-14H2,1-4H3/t15-,16+,17-,18-,19-,20+,21-,22-/m0/s1. The summed E-state index contributed by atoms with van der Waals surface area (Å²) in [6.45, 7) is 9.58. The lowest BCUT2D eigenvalue weighted by Crippen LogP contribution is -2.60. The van der Waals surface area contributed by atoms with Crippen LogP contribution in [-0.2, 0) is 0 Å². The van der Waals surface area contributed by atoms with Crippen LogP contribution in [0.3, 0.4) is 0 Å². The van der Waals surface area contributed by atoms with Crippen LogP contribution in [0.25, 0.3) is 0 Å². The van der Waals surface area contributed by atoms with Gasteiger partial charge in [0.25, 0.3) is 0 Å². The fourth-order valence-corrected chi connectivity index (χ4v) is 8.06. The first kappa shape index (κ1) is 17.3. The summed E-state index contributed by atoms with van der Waals surface area (Å²) in [5, 5.41) is 21.6. The van der Waals surface area contributed by atoms with Crippen molar-refractivity contribution in [3.05, 3.63) is 0 Å². The predicted octanol–water partition coefficient (Wildman–Crippen LogP) is 4.92. The molecule has 4 fully saturated rings. The molecule has 2 nitrogen and oxygen atoms in total. The molecule has 24 heavy (non-hydrogen) atoms. The van der Waals surface area contributed by atoms with E-state index < -0.39 is 5.60 Å². The molecule has 0 aromatic heterocycles. The third kappa shape index (κ3) is 2.08.